The quantitative estimate of drug-likeness (QED) is 0.706. The number of nitrogens with one attached hydrogen (secondary N) is 1. The highest BCUT2D eigenvalue weighted by Gasteiger charge is 2.53. The Morgan fingerprint density at radius 1 is 1.23 bits per heavy atom. The van der Waals surface area contributed by atoms with E-state index in [1.807, 2.05) is 24.3 Å². The summed E-state index contributed by atoms with van der Waals surface area (Å²) >= 11 is 0. The Kier molecular flexibility index (Phi) is 4.24. The van der Waals surface area contributed by atoms with E-state index in [0.29, 0.717) is 30.2 Å². The molecule has 1 aliphatic rings. The van der Waals surface area contributed by atoms with Crippen molar-refractivity contribution in [3.63, 3.8) is 0 Å². The van der Waals surface area contributed by atoms with E-state index in [1.54, 1.807) is 31.6 Å². The molecule has 1 N–H and O–H groups in total. The summed E-state index contributed by atoms with van der Waals surface area (Å²) in [6.07, 6.45) is 3.84. The molecule has 6 heteroatoms. The Morgan fingerprint density at radius 3 is 2.81 bits per heavy atom. The van der Waals surface area contributed by atoms with Crippen LogP contribution >= 0.6 is 0 Å². The van der Waals surface area contributed by atoms with E-state index in [4.69, 9.17) is 13.7 Å². The summed E-state index contributed by atoms with van der Waals surface area (Å²) in [5, 5.41) is 7.13. The average molecular weight is 352 g/mol. The van der Waals surface area contributed by atoms with E-state index in [9.17, 15) is 4.79 Å². The Hall–Kier alpha value is -3.02. The first-order valence-corrected chi connectivity index (χ1v) is 8.64. The van der Waals surface area contributed by atoms with E-state index >= 15 is 0 Å². The van der Waals surface area contributed by atoms with Crippen LogP contribution in [0.1, 0.15) is 24.1 Å². The minimum atomic E-state index is -0.574. The van der Waals surface area contributed by atoms with E-state index in [2.05, 4.69) is 10.5 Å². The van der Waals surface area contributed by atoms with Gasteiger partial charge in [0.2, 0.25) is 11.7 Å². The van der Waals surface area contributed by atoms with Gasteiger partial charge in [0.05, 0.1) is 24.5 Å². The monoisotopic (exact) mass is 352 g/mol. The lowest BCUT2D eigenvalue weighted by atomic mass is 10.0. The molecule has 1 aliphatic carbocycles. The van der Waals surface area contributed by atoms with Crippen LogP contribution in [0, 0.1) is 0 Å². The van der Waals surface area contributed by atoms with Gasteiger partial charge in [0.1, 0.15) is 5.75 Å². The fraction of sp³-hybridized carbons (Fsp3) is 0.300. The first-order valence-electron chi connectivity index (χ1n) is 8.64. The van der Waals surface area contributed by atoms with Crippen LogP contribution in [0.5, 0.6) is 5.75 Å². The van der Waals surface area contributed by atoms with Gasteiger partial charge in [-0.1, -0.05) is 23.4 Å². The predicted molar refractivity (Wildman–Crippen MR) is 94.8 cm³/mol. The van der Waals surface area contributed by atoms with Crippen LogP contribution < -0.4 is 10.1 Å². The predicted octanol–water partition coefficient (Wildman–Crippen LogP) is 3.33. The Labute approximate surface area is 151 Å². The van der Waals surface area contributed by atoms with Gasteiger partial charge < -0.3 is 19.0 Å². The number of nitrogens with zero attached hydrogens (tertiary/aromatic N) is 1. The van der Waals surface area contributed by atoms with Gasteiger partial charge in [0, 0.05) is 12.6 Å². The zero-order chi connectivity index (χ0) is 18.0. The van der Waals surface area contributed by atoms with Crippen molar-refractivity contribution in [2.45, 2.75) is 24.7 Å². The molecule has 134 valence electrons. The molecule has 4 rings (SSSR count). The molecule has 1 fully saturated rings. The van der Waals surface area contributed by atoms with Crippen LogP contribution in [0.25, 0.3) is 11.5 Å². The molecule has 0 spiro atoms. The molecule has 3 aromatic rings. The van der Waals surface area contributed by atoms with E-state index in [1.165, 1.54) is 0 Å². The second-order valence-electron chi connectivity index (χ2n) is 6.45. The second kappa shape index (κ2) is 6.71. The molecule has 0 radical (unpaired) electrons. The maximum Gasteiger partial charge on any atom is 0.232 e. The summed E-state index contributed by atoms with van der Waals surface area (Å²) in [5.74, 6) is 1.98. The van der Waals surface area contributed by atoms with Crippen LogP contribution in [0.3, 0.4) is 0 Å². The third-order valence-electron chi connectivity index (χ3n) is 4.82. The third kappa shape index (κ3) is 2.98. The first-order chi connectivity index (χ1) is 12.7. The number of rotatable bonds is 7. The smallest absolute Gasteiger partial charge is 0.232 e. The zero-order valence-corrected chi connectivity index (χ0v) is 14.5. The van der Waals surface area contributed by atoms with Crippen molar-refractivity contribution in [1.29, 1.82) is 0 Å². The molecule has 6 nitrogen and oxygen atoms in total. The van der Waals surface area contributed by atoms with Crippen molar-refractivity contribution >= 4 is 5.91 Å². The lowest BCUT2D eigenvalue weighted by molar-refractivity contribution is -0.123. The number of furan rings is 1. The number of methoxy groups -OCH3 is 1. The summed E-state index contributed by atoms with van der Waals surface area (Å²) in [6.45, 7) is 0.545. The van der Waals surface area contributed by atoms with Crippen molar-refractivity contribution in [2.24, 2.45) is 0 Å². The molecule has 0 atom stereocenters. The highest BCUT2D eigenvalue weighted by atomic mass is 16.5. The molecule has 2 aromatic heterocycles. The molecule has 0 aliphatic heterocycles. The maximum atomic E-state index is 12.7. The number of carbonyl (C=O) groups excluding carboxylic acids is 1. The largest absolute Gasteiger partial charge is 0.496 e. The number of aromatic nitrogens is 1. The number of benzene rings is 1. The van der Waals surface area contributed by atoms with E-state index in [-0.39, 0.29) is 5.91 Å². The van der Waals surface area contributed by atoms with Crippen molar-refractivity contribution in [2.75, 3.05) is 13.7 Å². The second-order valence-corrected chi connectivity index (χ2v) is 6.45. The topological polar surface area (TPSA) is 77.5 Å². The maximum absolute atomic E-state index is 12.7. The number of ether oxygens (including phenoxy) is 1. The third-order valence-corrected chi connectivity index (χ3v) is 4.82. The fourth-order valence-corrected chi connectivity index (χ4v) is 3.15. The first kappa shape index (κ1) is 16.4. The van der Waals surface area contributed by atoms with E-state index in [0.717, 1.165) is 24.2 Å². The Morgan fingerprint density at radius 2 is 2.08 bits per heavy atom. The minimum absolute atomic E-state index is 0.00769. The standard InChI is InChI=1S/C20H20N2O4/c1-24-15-6-3-2-5-14(15)8-11-21-19(23)20(9-10-20)18-13-17(26-22-18)16-7-4-12-25-16/h2-7,12-13H,8-11H2,1H3,(H,21,23). The normalized spacial score (nSPS) is 14.8. The molecule has 1 saturated carbocycles. The number of amides is 1. The zero-order valence-electron chi connectivity index (χ0n) is 14.5. The number of hydrogen-bond acceptors (Lipinski definition) is 5. The van der Waals surface area contributed by atoms with Crippen LogP contribution in [0.15, 0.2) is 57.7 Å². The summed E-state index contributed by atoms with van der Waals surface area (Å²) in [5.41, 5.74) is 1.16. The molecule has 2 heterocycles. The van der Waals surface area contributed by atoms with Crippen LogP contribution in [-0.2, 0) is 16.6 Å². The van der Waals surface area contributed by atoms with Crippen molar-refractivity contribution < 1.29 is 18.5 Å². The van der Waals surface area contributed by atoms with Gasteiger partial charge in [0.25, 0.3) is 0 Å². The summed E-state index contributed by atoms with van der Waals surface area (Å²) in [4.78, 5) is 12.7. The van der Waals surface area contributed by atoms with Gasteiger partial charge >= 0.3 is 0 Å². The molecule has 0 bridgehead atoms. The van der Waals surface area contributed by atoms with E-state index < -0.39 is 5.41 Å². The number of para-hydroxylation sites is 1. The van der Waals surface area contributed by atoms with Crippen molar-refractivity contribution in [1.82, 2.24) is 10.5 Å². The highest BCUT2D eigenvalue weighted by molar-refractivity contribution is 5.90. The minimum Gasteiger partial charge on any atom is -0.496 e. The summed E-state index contributed by atoms with van der Waals surface area (Å²) in [6, 6.07) is 13.2. The van der Waals surface area contributed by atoms with Crippen LogP contribution in [0.4, 0.5) is 0 Å². The summed E-state index contributed by atoms with van der Waals surface area (Å²) in [7, 11) is 1.65. The lowest BCUT2D eigenvalue weighted by Gasteiger charge is -2.13. The van der Waals surface area contributed by atoms with Gasteiger partial charge in [-0.05, 0) is 43.0 Å². The molecule has 26 heavy (non-hydrogen) atoms. The molecular weight excluding hydrogens is 332 g/mol. The van der Waals surface area contributed by atoms with Crippen molar-refractivity contribution in [3.8, 4) is 17.3 Å². The average Bonchev–Trinajstić information content (AvgIpc) is 3.09. The Bertz CT molecular complexity index is 894. The fourth-order valence-electron chi connectivity index (χ4n) is 3.15. The molecule has 0 unspecified atom stereocenters. The summed E-state index contributed by atoms with van der Waals surface area (Å²) < 4.78 is 16.0. The number of hydrogen-bond donors (Lipinski definition) is 1. The highest BCUT2D eigenvalue weighted by Crippen LogP contribution is 2.48. The van der Waals surface area contributed by atoms with Gasteiger partial charge in [-0.15, -0.1) is 0 Å². The lowest BCUT2D eigenvalue weighted by Crippen LogP contribution is -2.36. The SMILES string of the molecule is COc1ccccc1CCNC(=O)C1(c2cc(-c3ccco3)on2)CC1. The molecule has 1 amide bonds. The number of carbonyl (C=O) groups is 1. The van der Waals surface area contributed by atoms with Crippen LogP contribution in [-0.4, -0.2) is 24.7 Å². The van der Waals surface area contributed by atoms with Gasteiger partial charge in [-0.2, -0.15) is 0 Å². The molecular formula is C20H20N2O4. The van der Waals surface area contributed by atoms with Crippen LogP contribution in [0.2, 0.25) is 0 Å². The Balaban J connectivity index is 1.40. The molecule has 0 saturated heterocycles. The van der Waals surface area contributed by atoms with Gasteiger partial charge in [-0.25, -0.2) is 0 Å². The molecule has 1 aromatic carbocycles. The van der Waals surface area contributed by atoms with Crippen molar-refractivity contribution in [3.05, 3.63) is 60.0 Å². The van der Waals surface area contributed by atoms with Gasteiger partial charge in [0.15, 0.2) is 5.76 Å². The van der Waals surface area contributed by atoms with Gasteiger partial charge in [-0.3, -0.25) is 4.79 Å².